The van der Waals surface area contributed by atoms with Gasteiger partial charge in [-0.3, -0.25) is 4.79 Å². The Morgan fingerprint density at radius 1 is 1.10 bits per heavy atom. The van der Waals surface area contributed by atoms with E-state index in [4.69, 9.17) is 0 Å². The van der Waals surface area contributed by atoms with Crippen LogP contribution < -0.4 is 9.44 Å². The van der Waals surface area contributed by atoms with E-state index < -0.39 is 23.0 Å². The van der Waals surface area contributed by atoms with Gasteiger partial charge >= 0.3 is 0 Å². The monoisotopic (exact) mass is 410 g/mol. The number of rotatable bonds is 6. The molecule has 0 bridgehead atoms. The van der Waals surface area contributed by atoms with E-state index in [1.165, 1.54) is 12.3 Å². The van der Waals surface area contributed by atoms with E-state index in [0.29, 0.717) is 11.0 Å². The number of ketones is 1. The van der Waals surface area contributed by atoms with E-state index in [1.807, 2.05) is 30.3 Å². The number of aromatic nitrogens is 2. The molecule has 4 aromatic rings. The summed E-state index contributed by atoms with van der Waals surface area (Å²) in [6, 6.07) is 13.6. The van der Waals surface area contributed by atoms with Crippen molar-refractivity contribution < 1.29 is 13.6 Å². The van der Waals surface area contributed by atoms with Gasteiger partial charge in [0.1, 0.15) is 11.5 Å². The summed E-state index contributed by atoms with van der Waals surface area (Å²) in [5, 5.41) is 0.498. The zero-order valence-corrected chi connectivity index (χ0v) is 16.1. The number of halogens is 2. The average molecular weight is 410 g/mol. The molecule has 3 N–H and O–H groups in total. The second-order valence-electron chi connectivity index (χ2n) is 6.21. The molecular weight excluding hydrogens is 394 g/mol. The normalized spacial score (nSPS) is 11.0. The van der Waals surface area contributed by atoms with Crippen molar-refractivity contribution in [2.75, 3.05) is 11.8 Å². The molecule has 5 nitrogen and oxygen atoms in total. The Hall–Kier alpha value is -3.23. The number of hydrogen-bond donors (Lipinski definition) is 3. The Labute approximate surface area is 169 Å². The van der Waals surface area contributed by atoms with Gasteiger partial charge in [0.2, 0.25) is 5.78 Å². The van der Waals surface area contributed by atoms with Crippen molar-refractivity contribution in [3.63, 3.8) is 0 Å². The number of carbonyl (C=O) groups excluding carboxylic acids is 1. The number of aromatic amines is 1. The van der Waals surface area contributed by atoms with Gasteiger partial charge in [-0.2, -0.15) is 0 Å². The van der Waals surface area contributed by atoms with Gasteiger partial charge in [-0.15, -0.1) is 0 Å². The minimum absolute atomic E-state index is 0.0111. The van der Waals surface area contributed by atoms with Crippen LogP contribution in [0.2, 0.25) is 0 Å². The number of anilines is 1. The molecule has 0 fully saturated rings. The Kier molecular flexibility index (Phi) is 5.28. The molecule has 146 valence electrons. The highest BCUT2D eigenvalue weighted by molar-refractivity contribution is 7.98. The van der Waals surface area contributed by atoms with Crippen LogP contribution >= 0.6 is 12.1 Å². The lowest BCUT2D eigenvalue weighted by Gasteiger charge is -2.10. The van der Waals surface area contributed by atoms with E-state index in [-0.39, 0.29) is 11.3 Å². The van der Waals surface area contributed by atoms with Gasteiger partial charge in [-0.1, -0.05) is 30.3 Å². The topological polar surface area (TPSA) is 69.8 Å². The summed E-state index contributed by atoms with van der Waals surface area (Å²) in [6.45, 7) is 0. The quantitative estimate of drug-likeness (QED) is 0.310. The molecule has 0 aliphatic carbocycles. The second kappa shape index (κ2) is 8.02. The van der Waals surface area contributed by atoms with E-state index in [1.54, 1.807) is 19.3 Å². The van der Waals surface area contributed by atoms with Crippen LogP contribution in [0.3, 0.4) is 0 Å². The number of fused-ring (bicyclic) bond motifs is 1. The number of nitrogens with one attached hydrogen (secondary N) is 3. The van der Waals surface area contributed by atoms with Crippen molar-refractivity contribution in [2.45, 2.75) is 0 Å². The molecule has 0 aliphatic rings. The molecule has 2 aromatic carbocycles. The fraction of sp³-hybridized carbons (Fsp3) is 0.0476. The second-order valence-corrected chi connectivity index (χ2v) is 7.03. The first kappa shape index (κ1) is 19.1. The number of carbonyl (C=O) groups is 1. The minimum atomic E-state index is -0.945. The summed E-state index contributed by atoms with van der Waals surface area (Å²) in [5.41, 5.74) is 1.74. The zero-order valence-electron chi connectivity index (χ0n) is 15.3. The van der Waals surface area contributed by atoms with Gasteiger partial charge in [0.25, 0.3) is 0 Å². The first-order chi connectivity index (χ1) is 14.1. The average Bonchev–Trinajstić information content (AvgIpc) is 3.17. The number of benzene rings is 2. The molecule has 0 atom stereocenters. The van der Waals surface area contributed by atoms with Crippen molar-refractivity contribution in [3.05, 3.63) is 83.7 Å². The highest BCUT2D eigenvalue weighted by Crippen LogP contribution is 2.29. The Bertz CT molecular complexity index is 1190. The summed E-state index contributed by atoms with van der Waals surface area (Å²) in [6.07, 6.45) is 3.11. The summed E-state index contributed by atoms with van der Waals surface area (Å²) in [7, 11) is 1.65. The van der Waals surface area contributed by atoms with Gasteiger partial charge in [-0.05, 0) is 30.8 Å². The first-order valence-electron chi connectivity index (χ1n) is 8.74. The number of hydrogen-bond acceptors (Lipinski definition) is 5. The molecule has 0 saturated carbocycles. The van der Waals surface area contributed by atoms with Crippen LogP contribution in [-0.4, -0.2) is 22.8 Å². The van der Waals surface area contributed by atoms with Crippen LogP contribution in [0.15, 0.2) is 60.9 Å². The fourth-order valence-corrected chi connectivity index (χ4v) is 3.43. The highest BCUT2D eigenvalue weighted by Gasteiger charge is 2.24. The zero-order chi connectivity index (χ0) is 20.4. The fourth-order valence-electron chi connectivity index (χ4n) is 3.06. The lowest BCUT2D eigenvalue weighted by atomic mass is 10.00. The van der Waals surface area contributed by atoms with Crippen molar-refractivity contribution in [2.24, 2.45) is 0 Å². The maximum atomic E-state index is 14.9. The van der Waals surface area contributed by atoms with Crippen molar-refractivity contribution >= 4 is 34.6 Å². The standard InChI is InChI=1S/C21H16F2N4OS/c1-24-29-27-17-8-7-16(22)18(19(17)23)20(28)15-11-26-21-14(15)9-13(10-25-21)12-5-3-2-4-6-12/h2-11,24,27H,1H3,(H,25,26). The molecule has 0 unspecified atom stereocenters. The number of pyridine rings is 1. The van der Waals surface area contributed by atoms with Gasteiger partial charge in [0, 0.05) is 41.0 Å². The van der Waals surface area contributed by atoms with Crippen molar-refractivity contribution in [1.82, 2.24) is 14.7 Å². The smallest absolute Gasteiger partial charge is 0.201 e. The third-order valence-corrected chi connectivity index (χ3v) is 4.99. The molecule has 2 heterocycles. The third-order valence-electron chi connectivity index (χ3n) is 4.46. The lowest BCUT2D eigenvalue weighted by Crippen LogP contribution is -2.10. The van der Waals surface area contributed by atoms with Crippen LogP contribution in [0, 0.1) is 11.6 Å². The Balaban J connectivity index is 1.80. The van der Waals surface area contributed by atoms with Crippen LogP contribution in [-0.2, 0) is 0 Å². The molecule has 0 aliphatic heterocycles. The molecule has 0 radical (unpaired) electrons. The lowest BCUT2D eigenvalue weighted by molar-refractivity contribution is 0.103. The maximum absolute atomic E-state index is 14.9. The van der Waals surface area contributed by atoms with E-state index >= 15 is 0 Å². The summed E-state index contributed by atoms with van der Waals surface area (Å²) in [5.74, 6) is -2.62. The molecule has 8 heteroatoms. The predicted molar refractivity (Wildman–Crippen MR) is 112 cm³/mol. The number of H-pyrrole nitrogens is 1. The summed E-state index contributed by atoms with van der Waals surface area (Å²) >= 11 is 1.01. The van der Waals surface area contributed by atoms with Crippen LogP contribution in [0.1, 0.15) is 15.9 Å². The molecule has 0 spiro atoms. The van der Waals surface area contributed by atoms with E-state index in [0.717, 1.165) is 29.3 Å². The largest absolute Gasteiger partial charge is 0.345 e. The number of nitrogens with zero attached hydrogens (tertiary/aromatic N) is 1. The van der Waals surface area contributed by atoms with Gasteiger partial charge in [-0.25, -0.2) is 18.5 Å². The Morgan fingerprint density at radius 3 is 2.66 bits per heavy atom. The maximum Gasteiger partial charge on any atom is 0.201 e. The van der Waals surface area contributed by atoms with Crippen molar-refractivity contribution in [3.8, 4) is 11.1 Å². The van der Waals surface area contributed by atoms with Crippen LogP contribution in [0.4, 0.5) is 14.5 Å². The Morgan fingerprint density at radius 2 is 1.90 bits per heavy atom. The highest BCUT2D eigenvalue weighted by atomic mass is 32.2. The SMILES string of the molecule is CNSNc1ccc(F)c(C(=O)c2c[nH]c3ncc(-c4ccccc4)cc23)c1F. The van der Waals surface area contributed by atoms with Gasteiger partial charge < -0.3 is 9.71 Å². The predicted octanol–water partition coefficient (Wildman–Crippen LogP) is 4.93. The van der Waals surface area contributed by atoms with Crippen molar-refractivity contribution in [1.29, 1.82) is 0 Å². The molecule has 2 aromatic heterocycles. The van der Waals surface area contributed by atoms with Gasteiger partial charge in [0.05, 0.1) is 11.3 Å². The molecular formula is C21H16F2N4OS. The molecule has 4 rings (SSSR count). The molecule has 0 saturated heterocycles. The van der Waals surface area contributed by atoms with E-state index in [9.17, 15) is 13.6 Å². The van der Waals surface area contributed by atoms with Crippen LogP contribution in [0.25, 0.3) is 22.2 Å². The van der Waals surface area contributed by atoms with E-state index in [2.05, 4.69) is 19.4 Å². The van der Waals surface area contributed by atoms with Crippen LogP contribution in [0.5, 0.6) is 0 Å². The summed E-state index contributed by atoms with van der Waals surface area (Å²) < 4.78 is 34.7. The summed E-state index contributed by atoms with van der Waals surface area (Å²) in [4.78, 5) is 20.3. The van der Waals surface area contributed by atoms with Gasteiger partial charge in [0.15, 0.2) is 5.82 Å². The first-order valence-corrected chi connectivity index (χ1v) is 9.55. The minimum Gasteiger partial charge on any atom is -0.345 e. The molecule has 29 heavy (non-hydrogen) atoms. The third kappa shape index (κ3) is 3.59. The molecule has 0 amide bonds.